The molecular formula is C17H14OS. The quantitative estimate of drug-likeness (QED) is 0.740. The van der Waals surface area contributed by atoms with Crippen molar-refractivity contribution < 1.29 is 4.79 Å². The van der Waals surface area contributed by atoms with Gasteiger partial charge in [-0.1, -0.05) is 55.1 Å². The Morgan fingerprint density at radius 1 is 1.05 bits per heavy atom. The van der Waals surface area contributed by atoms with Crippen LogP contribution in [-0.4, -0.2) is 5.78 Å². The third-order valence-corrected chi connectivity index (χ3v) is 4.36. The molecule has 2 aromatic rings. The van der Waals surface area contributed by atoms with E-state index < -0.39 is 0 Å². The summed E-state index contributed by atoms with van der Waals surface area (Å²) in [6.07, 6.45) is 3.02. The van der Waals surface area contributed by atoms with Crippen LogP contribution in [0.4, 0.5) is 0 Å². The number of allylic oxidation sites excluding steroid dienone is 1. The Bertz CT molecular complexity index is 653. The summed E-state index contributed by atoms with van der Waals surface area (Å²) in [5.41, 5.74) is 3.22. The minimum absolute atomic E-state index is 0.139. The van der Waals surface area contributed by atoms with Gasteiger partial charge in [-0.25, -0.2) is 0 Å². The van der Waals surface area contributed by atoms with Crippen molar-refractivity contribution in [2.45, 2.75) is 18.2 Å². The van der Waals surface area contributed by atoms with Crippen LogP contribution in [0.5, 0.6) is 0 Å². The highest BCUT2D eigenvalue weighted by atomic mass is 32.2. The maximum absolute atomic E-state index is 12.2. The average Bonchev–Trinajstić information content (AvgIpc) is 2.77. The van der Waals surface area contributed by atoms with Gasteiger partial charge >= 0.3 is 0 Å². The van der Waals surface area contributed by atoms with Crippen LogP contribution in [0, 0.1) is 0 Å². The highest BCUT2D eigenvalue weighted by Crippen LogP contribution is 2.40. The maximum atomic E-state index is 12.2. The van der Waals surface area contributed by atoms with Crippen molar-refractivity contribution in [2.75, 3.05) is 0 Å². The van der Waals surface area contributed by atoms with E-state index in [0.29, 0.717) is 0 Å². The number of rotatable bonds is 2. The molecule has 0 spiro atoms. The highest BCUT2D eigenvalue weighted by Gasteiger charge is 2.24. The van der Waals surface area contributed by atoms with Crippen LogP contribution in [0.1, 0.15) is 28.4 Å². The van der Waals surface area contributed by atoms with Crippen molar-refractivity contribution in [1.29, 1.82) is 0 Å². The summed E-state index contributed by atoms with van der Waals surface area (Å²) >= 11 is 1.56. The number of hydrogen-bond donors (Lipinski definition) is 0. The second kappa shape index (κ2) is 5.06. The number of carbonyl (C=O) groups is 1. The van der Waals surface area contributed by atoms with Crippen molar-refractivity contribution in [3.8, 4) is 0 Å². The zero-order valence-electron chi connectivity index (χ0n) is 10.7. The van der Waals surface area contributed by atoms with Crippen molar-refractivity contribution in [3.05, 3.63) is 70.1 Å². The molecule has 1 aliphatic heterocycles. The van der Waals surface area contributed by atoms with Crippen LogP contribution in [0.3, 0.4) is 0 Å². The molecule has 0 unspecified atom stereocenters. The number of benzene rings is 2. The van der Waals surface area contributed by atoms with E-state index >= 15 is 0 Å². The van der Waals surface area contributed by atoms with Gasteiger partial charge in [0, 0.05) is 10.5 Å². The summed E-state index contributed by atoms with van der Waals surface area (Å²) in [6.45, 7) is 2.14. The first-order valence-corrected chi connectivity index (χ1v) is 7.22. The SMILES string of the molecule is CCc1ccc(C=C2Sc3ccccc3C2=O)cc1. The molecule has 94 valence electrons. The first-order chi connectivity index (χ1) is 9.28. The average molecular weight is 266 g/mol. The second-order valence-corrected chi connectivity index (χ2v) is 5.61. The van der Waals surface area contributed by atoms with Crippen molar-refractivity contribution in [2.24, 2.45) is 0 Å². The predicted octanol–water partition coefficient (Wildman–Crippen LogP) is 4.58. The Labute approximate surface area is 117 Å². The Kier molecular flexibility index (Phi) is 3.26. The van der Waals surface area contributed by atoms with Crippen LogP contribution in [0.2, 0.25) is 0 Å². The van der Waals surface area contributed by atoms with Gasteiger partial charge in [-0.2, -0.15) is 0 Å². The summed E-state index contributed by atoms with van der Waals surface area (Å²) < 4.78 is 0. The molecule has 1 aliphatic rings. The van der Waals surface area contributed by atoms with Gasteiger partial charge in [0.2, 0.25) is 5.78 Å². The van der Waals surface area contributed by atoms with E-state index in [-0.39, 0.29) is 5.78 Å². The van der Waals surface area contributed by atoms with Gasteiger partial charge in [0.1, 0.15) is 0 Å². The summed E-state index contributed by atoms with van der Waals surface area (Å²) in [7, 11) is 0. The van der Waals surface area contributed by atoms with Crippen LogP contribution < -0.4 is 0 Å². The molecule has 0 atom stereocenters. The minimum atomic E-state index is 0.139. The van der Waals surface area contributed by atoms with Crippen molar-refractivity contribution >= 4 is 23.6 Å². The molecular weight excluding hydrogens is 252 g/mol. The van der Waals surface area contributed by atoms with Gasteiger partial charge in [-0.15, -0.1) is 0 Å². The fourth-order valence-corrected chi connectivity index (χ4v) is 3.19. The molecule has 1 nitrogen and oxygen atoms in total. The third kappa shape index (κ3) is 2.36. The second-order valence-electron chi connectivity index (χ2n) is 4.53. The van der Waals surface area contributed by atoms with E-state index in [4.69, 9.17) is 0 Å². The van der Waals surface area contributed by atoms with Crippen LogP contribution in [-0.2, 0) is 6.42 Å². The predicted molar refractivity (Wildman–Crippen MR) is 80.4 cm³/mol. The number of thioether (sulfide) groups is 1. The maximum Gasteiger partial charge on any atom is 0.200 e. The lowest BCUT2D eigenvalue weighted by Crippen LogP contribution is -1.93. The first kappa shape index (κ1) is 12.2. The molecule has 2 aromatic carbocycles. The number of aryl methyl sites for hydroxylation is 1. The molecule has 19 heavy (non-hydrogen) atoms. The molecule has 0 aliphatic carbocycles. The van der Waals surface area contributed by atoms with E-state index in [1.54, 1.807) is 11.8 Å². The van der Waals surface area contributed by atoms with E-state index in [9.17, 15) is 4.79 Å². The van der Waals surface area contributed by atoms with Gasteiger partial charge in [0.05, 0.1) is 4.91 Å². The molecule has 0 N–H and O–H groups in total. The van der Waals surface area contributed by atoms with Gasteiger partial charge < -0.3 is 0 Å². The normalized spacial score (nSPS) is 15.8. The third-order valence-electron chi connectivity index (χ3n) is 3.26. The summed E-state index contributed by atoms with van der Waals surface area (Å²) in [5, 5.41) is 0. The van der Waals surface area contributed by atoms with Gasteiger partial charge in [-0.05, 0) is 35.8 Å². The molecule has 0 amide bonds. The molecule has 0 saturated carbocycles. The molecule has 0 saturated heterocycles. The van der Waals surface area contributed by atoms with E-state index in [2.05, 4.69) is 31.2 Å². The van der Waals surface area contributed by atoms with Crippen LogP contribution in [0.25, 0.3) is 6.08 Å². The molecule has 3 rings (SSSR count). The van der Waals surface area contributed by atoms with E-state index in [0.717, 1.165) is 27.3 Å². The number of hydrogen-bond acceptors (Lipinski definition) is 2. The molecule has 1 heterocycles. The lowest BCUT2D eigenvalue weighted by molar-refractivity contribution is 0.104. The van der Waals surface area contributed by atoms with Gasteiger partial charge in [0.15, 0.2) is 0 Å². The topological polar surface area (TPSA) is 17.1 Å². The summed E-state index contributed by atoms with van der Waals surface area (Å²) in [6, 6.07) is 16.2. The van der Waals surface area contributed by atoms with Gasteiger partial charge in [-0.3, -0.25) is 4.79 Å². The first-order valence-electron chi connectivity index (χ1n) is 6.40. The largest absolute Gasteiger partial charge is 0.288 e. The molecule has 0 aromatic heterocycles. The lowest BCUT2D eigenvalue weighted by Gasteiger charge is -1.99. The Morgan fingerprint density at radius 3 is 2.47 bits per heavy atom. The number of carbonyl (C=O) groups excluding carboxylic acids is 1. The van der Waals surface area contributed by atoms with Crippen LogP contribution in [0.15, 0.2) is 58.3 Å². The highest BCUT2D eigenvalue weighted by molar-refractivity contribution is 8.04. The fourth-order valence-electron chi connectivity index (χ4n) is 2.14. The Hall–Kier alpha value is -1.80. The standard InChI is InChI=1S/C17H14OS/c1-2-12-7-9-13(10-8-12)11-16-17(18)14-5-3-4-6-15(14)19-16/h3-11H,2H2,1H3. The zero-order valence-corrected chi connectivity index (χ0v) is 11.5. The van der Waals surface area contributed by atoms with Gasteiger partial charge in [0.25, 0.3) is 0 Å². The zero-order chi connectivity index (χ0) is 13.2. The van der Waals surface area contributed by atoms with E-state index in [1.165, 1.54) is 5.56 Å². The van der Waals surface area contributed by atoms with E-state index in [1.807, 2.05) is 30.3 Å². The Morgan fingerprint density at radius 2 is 1.79 bits per heavy atom. The van der Waals surface area contributed by atoms with Crippen molar-refractivity contribution in [1.82, 2.24) is 0 Å². The van der Waals surface area contributed by atoms with Crippen molar-refractivity contribution in [3.63, 3.8) is 0 Å². The number of fused-ring (bicyclic) bond motifs is 1. The molecule has 0 bridgehead atoms. The molecule has 2 heteroatoms. The fraction of sp³-hybridized carbons (Fsp3) is 0.118. The molecule has 0 radical (unpaired) electrons. The summed E-state index contributed by atoms with van der Waals surface area (Å²) in [4.78, 5) is 14.1. The minimum Gasteiger partial charge on any atom is -0.288 e. The smallest absolute Gasteiger partial charge is 0.200 e. The van der Waals surface area contributed by atoms with Crippen LogP contribution >= 0.6 is 11.8 Å². The summed E-state index contributed by atoms with van der Waals surface area (Å²) in [5.74, 6) is 0.139. The lowest BCUT2D eigenvalue weighted by atomic mass is 10.1. The monoisotopic (exact) mass is 266 g/mol. The number of ketones is 1. The molecule has 0 fully saturated rings. The Balaban J connectivity index is 1.92. The number of Topliss-reactive ketones (excluding diaryl/α,β-unsaturated/α-hetero) is 1.